The zero-order valence-corrected chi connectivity index (χ0v) is 11.1. The van der Waals surface area contributed by atoms with E-state index in [1.807, 2.05) is 13.8 Å². The van der Waals surface area contributed by atoms with Gasteiger partial charge in [-0.25, -0.2) is 4.98 Å². The van der Waals surface area contributed by atoms with Crippen LogP contribution >= 0.6 is 0 Å². The fourth-order valence-corrected chi connectivity index (χ4v) is 2.22. The molecule has 0 radical (unpaired) electrons. The molecular weight excluding hydrogens is 228 g/mol. The standard InChI is InChI=1S/C13H22N4O/c1-10(2)17-8-7-15-11(12(17)18)16-9-13(3-4-13)5-6-14/h7-8,10H,3-6,9,14H2,1-2H3,(H,15,16). The molecule has 0 spiro atoms. The normalized spacial score (nSPS) is 16.9. The molecular formula is C13H22N4O. The van der Waals surface area contributed by atoms with E-state index in [0.717, 1.165) is 13.0 Å². The van der Waals surface area contributed by atoms with Crippen molar-refractivity contribution in [2.45, 2.75) is 39.2 Å². The number of nitrogens with zero attached hydrogens (tertiary/aromatic N) is 2. The van der Waals surface area contributed by atoms with Crippen LogP contribution in [-0.2, 0) is 0 Å². The highest BCUT2D eigenvalue weighted by Crippen LogP contribution is 2.48. The zero-order chi connectivity index (χ0) is 13.2. The first kappa shape index (κ1) is 13.1. The van der Waals surface area contributed by atoms with Crippen molar-refractivity contribution < 1.29 is 0 Å². The molecule has 1 fully saturated rings. The molecule has 3 N–H and O–H groups in total. The van der Waals surface area contributed by atoms with Crippen LogP contribution in [0.25, 0.3) is 0 Å². The molecule has 0 saturated heterocycles. The van der Waals surface area contributed by atoms with E-state index in [1.54, 1.807) is 17.0 Å². The molecule has 0 aromatic carbocycles. The van der Waals surface area contributed by atoms with Crippen LogP contribution in [0, 0.1) is 5.41 Å². The summed E-state index contributed by atoms with van der Waals surface area (Å²) in [6.45, 7) is 5.48. The smallest absolute Gasteiger partial charge is 0.293 e. The minimum atomic E-state index is -0.0453. The van der Waals surface area contributed by atoms with Gasteiger partial charge in [0.15, 0.2) is 5.82 Å². The number of nitrogens with two attached hydrogens (primary N) is 1. The second kappa shape index (κ2) is 5.10. The molecule has 5 nitrogen and oxygen atoms in total. The third-order valence-corrected chi connectivity index (χ3v) is 3.69. The van der Waals surface area contributed by atoms with Gasteiger partial charge in [-0.3, -0.25) is 4.79 Å². The van der Waals surface area contributed by atoms with Gasteiger partial charge in [0.25, 0.3) is 5.56 Å². The second-order valence-electron chi connectivity index (χ2n) is 5.47. The molecule has 5 heteroatoms. The van der Waals surface area contributed by atoms with E-state index in [-0.39, 0.29) is 11.6 Å². The molecule has 0 bridgehead atoms. The number of hydrogen-bond acceptors (Lipinski definition) is 4. The van der Waals surface area contributed by atoms with Gasteiger partial charge in [-0.05, 0) is 45.1 Å². The molecule has 1 saturated carbocycles. The first-order valence-electron chi connectivity index (χ1n) is 6.59. The van der Waals surface area contributed by atoms with Crippen LogP contribution in [0.4, 0.5) is 5.82 Å². The lowest BCUT2D eigenvalue weighted by atomic mass is 10.0. The minimum Gasteiger partial charge on any atom is -0.365 e. The average Bonchev–Trinajstić information content (AvgIpc) is 3.08. The maximum atomic E-state index is 12.1. The van der Waals surface area contributed by atoms with Crippen molar-refractivity contribution in [3.63, 3.8) is 0 Å². The molecule has 0 unspecified atom stereocenters. The van der Waals surface area contributed by atoms with Crippen molar-refractivity contribution in [1.82, 2.24) is 9.55 Å². The second-order valence-corrected chi connectivity index (χ2v) is 5.47. The predicted molar refractivity (Wildman–Crippen MR) is 72.7 cm³/mol. The van der Waals surface area contributed by atoms with Crippen molar-refractivity contribution in [2.24, 2.45) is 11.1 Å². The Kier molecular flexibility index (Phi) is 3.71. The van der Waals surface area contributed by atoms with Crippen LogP contribution in [0.1, 0.15) is 39.2 Å². The van der Waals surface area contributed by atoms with Crippen LogP contribution < -0.4 is 16.6 Å². The summed E-state index contributed by atoms with van der Waals surface area (Å²) in [5.41, 5.74) is 5.87. The van der Waals surface area contributed by atoms with Gasteiger partial charge in [0.2, 0.25) is 0 Å². The number of rotatable bonds is 6. The molecule has 1 aliphatic rings. The summed E-state index contributed by atoms with van der Waals surface area (Å²) in [6, 6.07) is 0.153. The molecule has 18 heavy (non-hydrogen) atoms. The Labute approximate surface area is 107 Å². The van der Waals surface area contributed by atoms with Crippen molar-refractivity contribution in [3.8, 4) is 0 Å². The largest absolute Gasteiger partial charge is 0.365 e. The van der Waals surface area contributed by atoms with Gasteiger partial charge in [-0.2, -0.15) is 0 Å². The van der Waals surface area contributed by atoms with E-state index >= 15 is 0 Å². The summed E-state index contributed by atoms with van der Waals surface area (Å²) in [7, 11) is 0. The maximum Gasteiger partial charge on any atom is 0.293 e. The molecule has 1 aromatic heterocycles. The lowest BCUT2D eigenvalue weighted by molar-refractivity contribution is 0.499. The van der Waals surface area contributed by atoms with Crippen LogP contribution in [0.3, 0.4) is 0 Å². The monoisotopic (exact) mass is 250 g/mol. The summed E-state index contributed by atoms with van der Waals surface area (Å²) in [4.78, 5) is 16.3. The van der Waals surface area contributed by atoms with Crippen molar-refractivity contribution in [1.29, 1.82) is 0 Å². The van der Waals surface area contributed by atoms with Gasteiger partial charge < -0.3 is 15.6 Å². The van der Waals surface area contributed by atoms with Gasteiger partial charge in [-0.1, -0.05) is 0 Å². The van der Waals surface area contributed by atoms with Crippen molar-refractivity contribution in [3.05, 3.63) is 22.7 Å². The van der Waals surface area contributed by atoms with Gasteiger partial charge in [0.1, 0.15) is 0 Å². The highest BCUT2D eigenvalue weighted by Gasteiger charge is 2.41. The highest BCUT2D eigenvalue weighted by molar-refractivity contribution is 5.32. The minimum absolute atomic E-state index is 0.0453. The van der Waals surface area contributed by atoms with E-state index in [0.29, 0.717) is 17.8 Å². The molecule has 1 aromatic rings. The van der Waals surface area contributed by atoms with E-state index < -0.39 is 0 Å². The Balaban J connectivity index is 2.06. The topological polar surface area (TPSA) is 72.9 Å². The van der Waals surface area contributed by atoms with Crippen LogP contribution in [0.2, 0.25) is 0 Å². The molecule has 0 atom stereocenters. The van der Waals surface area contributed by atoms with E-state index in [2.05, 4.69) is 10.3 Å². The SMILES string of the molecule is CC(C)n1ccnc(NCC2(CCN)CC2)c1=O. The van der Waals surface area contributed by atoms with Gasteiger partial charge in [0.05, 0.1) is 0 Å². The van der Waals surface area contributed by atoms with Gasteiger partial charge >= 0.3 is 0 Å². The fourth-order valence-electron chi connectivity index (χ4n) is 2.22. The molecule has 0 aliphatic heterocycles. The summed E-state index contributed by atoms with van der Waals surface area (Å²) < 4.78 is 1.69. The van der Waals surface area contributed by atoms with Crippen molar-refractivity contribution in [2.75, 3.05) is 18.4 Å². The molecule has 1 aliphatic carbocycles. The lowest BCUT2D eigenvalue weighted by Crippen LogP contribution is -2.28. The number of aromatic nitrogens is 2. The Bertz CT molecular complexity index is 462. The molecule has 0 amide bonds. The highest BCUT2D eigenvalue weighted by atomic mass is 16.1. The maximum absolute atomic E-state index is 12.1. The zero-order valence-electron chi connectivity index (χ0n) is 11.1. The van der Waals surface area contributed by atoms with E-state index in [4.69, 9.17) is 5.73 Å². The van der Waals surface area contributed by atoms with Crippen LogP contribution in [0.5, 0.6) is 0 Å². The Morgan fingerprint density at radius 2 is 2.28 bits per heavy atom. The Morgan fingerprint density at radius 3 is 2.83 bits per heavy atom. The molecule has 100 valence electrons. The van der Waals surface area contributed by atoms with Crippen LogP contribution in [0.15, 0.2) is 17.2 Å². The predicted octanol–water partition coefficient (Wildman–Crippen LogP) is 1.37. The fraction of sp³-hybridized carbons (Fsp3) is 0.692. The number of nitrogens with one attached hydrogen (secondary N) is 1. The van der Waals surface area contributed by atoms with E-state index in [9.17, 15) is 4.79 Å². The van der Waals surface area contributed by atoms with Crippen molar-refractivity contribution >= 4 is 5.82 Å². The summed E-state index contributed by atoms with van der Waals surface area (Å²) in [6.07, 6.45) is 6.81. The first-order chi connectivity index (χ1) is 8.58. The first-order valence-corrected chi connectivity index (χ1v) is 6.59. The van der Waals surface area contributed by atoms with Gasteiger partial charge in [0, 0.05) is 25.0 Å². The Hall–Kier alpha value is -1.36. The van der Waals surface area contributed by atoms with Gasteiger partial charge in [-0.15, -0.1) is 0 Å². The molecule has 2 rings (SSSR count). The summed E-state index contributed by atoms with van der Waals surface area (Å²) in [5, 5.41) is 3.20. The average molecular weight is 250 g/mol. The van der Waals surface area contributed by atoms with Crippen LogP contribution in [-0.4, -0.2) is 22.6 Å². The number of anilines is 1. The summed E-state index contributed by atoms with van der Waals surface area (Å²) >= 11 is 0. The summed E-state index contributed by atoms with van der Waals surface area (Å²) in [5.74, 6) is 0.453. The van der Waals surface area contributed by atoms with E-state index in [1.165, 1.54) is 12.8 Å². The quantitative estimate of drug-likeness (QED) is 0.799. The number of hydrogen-bond donors (Lipinski definition) is 2. The lowest BCUT2D eigenvalue weighted by Gasteiger charge is -2.16. The Morgan fingerprint density at radius 1 is 1.56 bits per heavy atom. The molecule has 1 heterocycles. The third kappa shape index (κ3) is 2.72. The third-order valence-electron chi connectivity index (χ3n) is 3.69.